The van der Waals surface area contributed by atoms with Crippen molar-refractivity contribution in [1.29, 1.82) is 0 Å². The van der Waals surface area contributed by atoms with Gasteiger partial charge >= 0.3 is 0 Å². The fourth-order valence-corrected chi connectivity index (χ4v) is 2.30. The normalized spacial score (nSPS) is 10.5. The Morgan fingerprint density at radius 3 is 2.43 bits per heavy atom. The molecule has 23 heavy (non-hydrogen) atoms. The maximum atomic E-state index is 12.5. The predicted molar refractivity (Wildman–Crippen MR) is 88.4 cm³/mol. The molecule has 0 fully saturated rings. The first kappa shape index (κ1) is 15.0. The highest BCUT2D eigenvalue weighted by Crippen LogP contribution is 2.29. The van der Waals surface area contributed by atoms with Gasteiger partial charge in [0.05, 0.1) is 5.69 Å². The van der Waals surface area contributed by atoms with Gasteiger partial charge in [-0.2, -0.15) is 0 Å². The van der Waals surface area contributed by atoms with Crippen LogP contribution in [0.2, 0.25) is 5.02 Å². The summed E-state index contributed by atoms with van der Waals surface area (Å²) >= 11 is 5.83. The van der Waals surface area contributed by atoms with Crippen molar-refractivity contribution in [1.82, 2.24) is 9.97 Å². The largest absolute Gasteiger partial charge is 0.507 e. The first-order valence-corrected chi connectivity index (χ1v) is 7.14. The number of nitrogens with two attached hydrogens (primary N) is 1. The van der Waals surface area contributed by atoms with Crippen LogP contribution in [0.3, 0.4) is 0 Å². The van der Waals surface area contributed by atoms with Crippen molar-refractivity contribution in [3.63, 3.8) is 0 Å². The number of hydrogen-bond acceptors (Lipinski definition) is 5. The van der Waals surface area contributed by atoms with Gasteiger partial charge in [-0.15, -0.1) is 0 Å². The highest BCUT2D eigenvalue weighted by molar-refractivity contribution is 6.30. The molecule has 6 heteroatoms. The Hall–Kier alpha value is -2.92. The van der Waals surface area contributed by atoms with Gasteiger partial charge in [0.2, 0.25) is 5.95 Å². The van der Waals surface area contributed by atoms with E-state index in [1.165, 1.54) is 12.3 Å². The minimum Gasteiger partial charge on any atom is -0.507 e. The van der Waals surface area contributed by atoms with Crippen molar-refractivity contribution >= 4 is 23.3 Å². The second-order valence-corrected chi connectivity index (χ2v) is 5.30. The van der Waals surface area contributed by atoms with Crippen LogP contribution in [-0.4, -0.2) is 20.9 Å². The van der Waals surface area contributed by atoms with Gasteiger partial charge in [0.1, 0.15) is 5.75 Å². The summed E-state index contributed by atoms with van der Waals surface area (Å²) in [4.78, 5) is 20.4. The van der Waals surface area contributed by atoms with Crippen molar-refractivity contribution < 1.29 is 9.90 Å². The number of aromatic hydroxyl groups is 1. The number of hydrogen-bond donors (Lipinski definition) is 2. The Labute approximate surface area is 137 Å². The number of phenolic OH excluding ortho intramolecular Hbond substituents is 1. The quantitative estimate of drug-likeness (QED) is 0.721. The number of aromatic nitrogens is 2. The highest BCUT2D eigenvalue weighted by Gasteiger charge is 2.13. The van der Waals surface area contributed by atoms with Crippen LogP contribution < -0.4 is 5.73 Å². The van der Waals surface area contributed by atoms with Crippen LogP contribution in [0.15, 0.2) is 54.7 Å². The van der Waals surface area contributed by atoms with E-state index in [0.717, 1.165) is 0 Å². The number of nitrogen functional groups attached to an aromatic ring is 1. The number of rotatable bonds is 3. The molecule has 2 aromatic carbocycles. The predicted octanol–water partition coefficient (Wildman–Crippen LogP) is 3.32. The minimum absolute atomic E-state index is 0.00996. The van der Waals surface area contributed by atoms with Crippen LogP contribution in [0.5, 0.6) is 5.75 Å². The number of ketones is 1. The molecule has 3 N–H and O–H groups in total. The van der Waals surface area contributed by atoms with Crippen LogP contribution in [0, 0.1) is 0 Å². The maximum Gasteiger partial charge on any atom is 0.220 e. The van der Waals surface area contributed by atoms with Gasteiger partial charge in [-0.3, -0.25) is 4.79 Å². The zero-order valence-electron chi connectivity index (χ0n) is 11.9. The monoisotopic (exact) mass is 325 g/mol. The summed E-state index contributed by atoms with van der Waals surface area (Å²) in [6.07, 6.45) is 1.49. The first-order valence-electron chi connectivity index (χ1n) is 6.77. The Bertz CT molecular complexity index is 879. The molecule has 0 saturated carbocycles. The van der Waals surface area contributed by atoms with Crippen molar-refractivity contribution in [3.05, 3.63) is 70.9 Å². The summed E-state index contributed by atoms with van der Waals surface area (Å²) in [6.45, 7) is 0. The number of phenols is 1. The average Bonchev–Trinajstić information content (AvgIpc) is 2.55. The van der Waals surface area contributed by atoms with E-state index in [0.29, 0.717) is 27.4 Å². The lowest BCUT2D eigenvalue weighted by Crippen LogP contribution is -2.02. The molecule has 0 radical (unpaired) electrons. The molecule has 0 bridgehead atoms. The minimum atomic E-state index is -0.176. The van der Waals surface area contributed by atoms with Crippen molar-refractivity contribution in [2.24, 2.45) is 0 Å². The Kier molecular flexibility index (Phi) is 3.95. The molecule has 0 aliphatic heterocycles. The van der Waals surface area contributed by atoms with Crippen LogP contribution in [-0.2, 0) is 0 Å². The Balaban J connectivity index is 2.03. The summed E-state index contributed by atoms with van der Waals surface area (Å²) in [5.41, 5.74) is 7.36. The Morgan fingerprint density at radius 1 is 1.04 bits per heavy atom. The van der Waals surface area contributed by atoms with Crippen LogP contribution in [0.4, 0.5) is 5.95 Å². The van der Waals surface area contributed by atoms with E-state index in [-0.39, 0.29) is 17.5 Å². The summed E-state index contributed by atoms with van der Waals surface area (Å²) < 4.78 is 0. The standard InChI is InChI=1S/C17H12ClN3O2/c18-12-4-1-10(2-5-12)16(23)11-3-6-15(22)13(9-11)14-7-8-20-17(19)21-14/h1-9,22H,(H2,19,20,21). The van der Waals surface area contributed by atoms with Crippen molar-refractivity contribution in [2.75, 3.05) is 5.73 Å². The highest BCUT2D eigenvalue weighted by atomic mass is 35.5. The zero-order chi connectivity index (χ0) is 16.4. The van der Waals surface area contributed by atoms with Gasteiger partial charge in [-0.05, 0) is 48.5 Å². The van der Waals surface area contributed by atoms with Crippen molar-refractivity contribution in [3.8, 4) is 17.0 Å². The summed E-state index contributed by atoms with van der Waals surface area (Å²) in [7, 11) is 0. The third-order valence-corrected chi connectivity index (χ3v) is 3.57. The molecule has 1 heterocycles. The molecular weight excluding hydrogens is 314 g/mol. The molecule has 114 valence electrons. The molecule has 0 saturated heterocycles. The molecule has 0 aliphatic carbocycles. The molecule has 5 nitrogen and oxygen atoms in total. The summed E-state index contributed by atoms with van der Waals surface area (Å²) in [6, 6.07) is 12.8. The number of benzene rings is 2. The molecule has 3 aromatic rings. The maximum absolute atomic E-state index is 12.5. The second-order valence-electron chi connectivity index (χ2n) is 4.87. The second kappa shape index (κ2) is 6.06. The summed E-state index contributed by atoms with van der Waals surface area (Å²) in [5, 5.41) is 10.6. The first-order chi connectivity index (χ1) is 11.0. The molecule has 1 aromatic heterocycles. The summed E-state index contributed by atoms with van der Waals surface area (Å²) in [5.74, 6) is -0.0722. The van der Waals surface area contributed by atoms with E-state index < -0.39 is 0 Å². The van der Waals surface area contributed by atoms with Gasteiger partial charge in [-0.25, -0.2) is 9.97 Å². The third-order valence-electron chi connectivity index (χ3n) is 3.32. The molecule has 3 rings (SSSR count). The number of carbonyl (C=O) groups is 1. The van der Waals surface area contributed by atoms with E-state index in [1.807, 2.05) is 0 Å². The number of nitrogens with zero attached hydrogens (tertiary/aromatic N) is 2. The molecule has 0 atom stereocenters. The van der Waals surface area contributed by atoms with E-state index in [2.05, 4.69) is 9.97 Å². The van der Waals surface area contributed by atoms with E-state index in [1.54, 1.807) is 42.5 Å². The van der Waals surface area contributed by atoms with Crippen LogP contribution in [0.1, 0.15) is 15.9 Å². The van der Waals surface area contributed by atoms with E-state index in [4.69, 9.17) is 17.3 Å². The van der Waals surface area contributed by atoms with Gasteiger partial charge in [-0.1, -0.05) is 11.6 Å². The van der Waals surface area contributed by atoms with E-state index in [9.17, 15) is 9.90 Å². The fourth-order valence-electron chi connectivity index (χ4n) is 2.17. The average molecular weight is 326 g/mol. The number of anilines is 1. The van der Waals surface area contributed by atoms with Crippen LogP contribution in [0.25, 0.3) is 11.3 Å². The third kappa shape index (κ3) is 3.14. The SMILES string of the molecule is Nc1nccc(-c2cc(C(=O)c3ccc(Cl)cc3)ccc2O)n1. The van der Waals surface area contributed by atoms with E-state index >= 15 is 0 Å². The van der Waals surface area contributed by atoms with Gasteiger partial charge < -0.3 is 10.8 Å². The topological polar surface area (TPSA) is 89.1 Å². The van der Waals surface area contributed by atoms with Gasteiger partial charge in [0.25, 0.3) is 0 Å². The van der Waals surface area contributed by atoms with Gasteiger partial charge in [0, 0.05) is 27.9 Å². The lowest BCUT2D eigenvalue weighted by Gasteiger charge is -2.07. The smallest absolute Gasteiger partial charge is 0.220 e. The van der Waals surface area contributed by atoms with Gasteiger partial charge in [0.15, 0.2) is 5.78 Å². The molecule has 0 spiro atoms. The lowest BCUT2D eigenvalue weighted by atomic mass is 9.99. The fraction of sp³-hybridized carbons (Fsp3) is 0. The molecular formula is C17H12ClN3O2. The molecule has 0 aliphatic rings. The van der Waals surface area contributed by atoms with Crippen molar-refractivity contribution in [2.45, 2.75) is 0 Å². The Morgan fingerprint density at radius 2 is 1.74 bits per heavy atom. The molecule has 0 amide bonds. The lowest BCUT2D eigenvalue weighted by molar-refractivity contribution is 0.103. The number of carbonyl (C=O) groups excluding carboxylic acids is 1. The molecule has 0 unspecified atom stereocenters. The van der Waals surface area contributed by atoms with Crippen LogP contribution >= 0.6 is 11.6 Å². The zero-order valence-corrected chi connectivity index (χ0v) is 12.7. The number of halogens is 1.